The molecule has 13 heteroatoms. The highest BCUT2D eigenvalue weighted by molar-refractivity contribution is 5.91. The minimum atomic E-state index is -1.50. The number of aromatic nitrogens is 4. The molecule has 2 aromatic heterocycles. The molecular formula is C32H24N4O9. The molecule has 3 heterocycles. The van der Waals surface area contributed by atoms with Crippen molar-refractivity contribution in [2.24, 2.45) is 0 Å². The predicted molar refractivity (Wildman–Crippen MR) is 156 cm³/mol. The van der Waals surface area contributed by atoms with Crippen molar-refractivity contribution in [3.05, 3.63) is 141 Å². The molecule has 0 unspecified atom stereocenters. The second-order valence-electron chi connectivity index (χ2n) is 9.86. The predicted octanol–water partition coefficient (Wildman–Crippen LogP) is 2.69. The molecule has 1 aliphatic rings. The summed E-state index contributed by atoms with van der Waals surface area (Å²) in [5.41, 5.74) is -1.49. The van der Waals surface area contributed by atoms with E-state index >= 15 is 0 Å². The standard InChI is InChI=1S/C32H24N4O9/c37-27-23-26(34-17-16-33-23)36(32(41)35-27)28-25(45-31(40)21-14-8-3-9-15-21)24(44-30(39)20-12-6-2-7-13-20)22(43-28)18-42-29(38)19-10-4-1-5-11-19/h1-17,22,24-25,28H,18H2,(H,35,37,41)/t22-,24-,25-,28-/m1/s1. The molecule has 226 valence electrons. The van der Waals surface area contributed by atoms with E-state index in [0.29, 0.717) is 0 Å². The highest BCUT2D eigenvalue weighted by atomic mass is 16.7. The van der Waals surface area contributed by atoms with Crippen molar-refractivity contribution in [3.63, 3.8) is 0 Å². The first kappa shape index (κ1) is 29.1. The molecule has 0 spiro atoms. The van der Waals surface area contributed by atoms with Gasteiger partial charge in [0.05, 0.1) is 16.7 Å². The Kier molecular flexibility index (Phi) is 8.24. The monoisotopic (exact) mass is 608 g/mol. The Balaban J connectivity index is 1.43. The number of ether oxygens (including phenoxy) is 4. The van der Waals surface area contributed by atoms with Gasteiger partial charge in [0.25, 0.3) is 5.56 Å². The molecule has 1 saturated heterocycles. The van der Waals surface area contributed by atoms with E-state index < -0.39 is 60.3 Å². The van der Waals surface area contributed by atoms with Crippen molar-refractivity contribution in [2.75, 3.05) is 6.61 Å². The lowest BCUT2D eigenvalue weighted by Crippen LogP contribution is -2.43. The molecule has 1 N–H and O–H groups in total. The van der Waals surface area contributed by atoms with Gasteiger partial charge in [-0.15, -0.1) is 0 Å². The highest BCUT2D eigenvalue weighted by Gasteiger charge is 2.52. The maximum Gasteiger partial charge on any atom is 0.338 e. The number of aromatic amines is 1. The third-order valence-corrected chi connectivity index (χ3v) is 6.99. The van der Waals surface area contributed by atoms with E-state index in [9.17, 15) is 24.0 Å². The maximum absolute atomic E-state index is 13.4. The van der Waals surface area contributed by atoms with E-state index in [1.54, 1.807) is 66.7 Å². The molecule has 6 rings (SSSR count). The number of H-pyrrole nitrogens is 1. The average molecular weight is 609 g/mol. The van der Waals surface area contributed by atoms with Crippen LogP contribution in [-0.2, 0) is 18.9 Å². The second-order valence-corrected chi connectivity index (χ2v) is 9.86. The van der Waals surface area contributed by atoms with Crippen molar-refractivity contribution in [2.45, 2.75) is 24.5 Å². The Bertz CT molecular complexity index is 1960. The van der Waals surface area contributed by atoms with Gasteiger partial charge in [-0.25, -0.2) is 33.7 Å². The van der Waals surface area contributed by atoms with Gasteiger partial charge in [0.15, 0.2) is 29.6 Å². The zero-order valence-electron chi connectivity index (χ0n) is 23.3. The largest absolute Gasteiger partial charge is 0.459 e. The summed E-state index contributed by atoms with van der Waals surface area (Å²) in [6.07, 6.45) is -3.09. The molecular weight excluding hydrogens is 584 g/mol. The van der Waals surface area contributed by atoms with E-state index in [1.165, 1.54) is 36.7 Å². The van der Waals surface area contributed by atoms with Crippen LogP contribution in [0.1, 0.15) is 37.3 Å². The molecule has 0 saturated carbocycles. The number of carbonyl (C=O) groups is 3. The van der Waals surface area contributed by atoms with Crippen LogP contribution in [0, 0.1) is 0 Å². The van der Waals surface area contributed by atoms with Crippen molar-refractivity contribution in [3.8, 4) is 0 Å². The molecule has 13 nitrogen and oxygen atoms in total. The number of nitrogens with zero attached hydrogens (tertiary/aromatic N) is 3. The first-order valence-electron chi connectivity index (χ1n) is 13.8. The normalized spacial score (nSPS) is 19.1. The van der Waals surface area contributed by atoms with Gasteiger partial charge < -0.3 is 18.9 Å². The Morgan fingerprint density at radius 2 is 1.22 bits per heavy atom. The SMILES string of the molecule is O=C(OC[C@H]1O[C@@H](n2c(=O)[nH]c(=O)c3nccnc32)[C@H](OC(=O)c2ccccc2)[C@@H]1OC(=O)c1ccccc1)c1ccccc1. The van der Waals surface area contributed by atoms with Gasteiger partial charge in [-0.1, -0.05) is 54.6 Å². The van der Waals surface area contributed by atoms with Crippen LogP contribution in [-0.4, -0.2) is 62.3 Å². The van der Waals surface area contributed by atoms with Gasteiger partial charge in [0.2, 0.25) is 0 Å². The summed E-state index contributed by atoms with van der Waals surface area (Å²) in [6.45, 7) is -0.460. The maximum atomic E-state index is 13.4. The number of hydrogen-bond acceptors (Lipinski definition) is 11. The van der Waals surface area contributed by atoms with Crippen LogP contribution in [0.4, 0.5) is 0 Å². The number of rotatable bonds is 8. The number of hydrogen-bond donors (Lipinski definition) is 1. The summed E-state index contributed by atoms with van der Waals surface area (Å²) < 4.78 is 24.4. The first-order chi connectivity index (χ1) is 21.9. The minimum Gasteiger partial charge on any atom is -0.459 e. The third kappa shape index (κ3) is 6.10. The molecule has 0 bridgehead atoms. The first-order valence-corrected chi connectivity index (χ1v) is 13.8. The Morgan fingerprint density at radius 1 is 0.711 bits per heavy atom. The van der Waals surface area contributed by atoms with Crippen LogP contribution in [0.25, 0.3) is 11.2 Å². The van der Waals surface area contributed by atoms with Crippen LogP contribution >= 0.6 is 0 Å². The van der Waals surface area contributed by atoms with Gasteiger partial charge in [0.1, 0.15) is 12.7 Å². The Hall–Kier alpha value is -5.95. The molecule has 45 heavy (non-hydrogen) atoms. The van der Waals surface area contributed by atoms with Crippen LogP contribution in [0.5, 0.6) is 0 Å². The van der Waals surface area contributed by atoms with Crippen LogP contribution < -0.4 is 11.2 Å². The Labute approximate surface area is 254 Å². The molecule has 3 aromatic carbocycles. The van der Waals surface area contributed by atoms with Gasteiger partial charge in [-0.05, 0) is 36.4 Å². The summed E-state index contributed by atoms with van der Waals surface area (Å²) in [5.74, 6) is -2.29. The summed E-state index contributed by atoms with van der Waals surface area (Å²) >= 11 is 0. The smallest absolute Gasteiger partial charge is 0.338 e. The minimum absolute atomic E-state index is 0.168. The molecule has 1 aliphatic heterocycles. The van der Waals surface area contributed by atoms with Gasteiger partial charge >= 0.3 is 23.6 Å². The number of fused-ring (bicyclic) bond motifs is 1. The summed E-state index contributed by atoms with van der Waals surface area (Å²) in [7, 11) is 0. The van der Waals surface area contributed by atoms with Crippen LogP contribution in [0.2, 0.25) is 0 Å². The van der Waals surface area contributed by atoms with Crippen molar-refractivity contribution < 1.29 is 33.3 Å². The lowest BCUT2D eigenvalue weighted by atomic mass is 10.1. The fourth-order valence-corrected chi connectivity index (χ4v) is 4.88. The van der Waals surface area contributed by atoms with Gasteiger partial charge in [0, 0.05) is 12.4 Å². The average Bonchev–Trinajstić information content (AvgIpc) is 3.40. The number of esters is 3. The zero-order chi connectivity index (χ0) is 31.3. The highest BCUT2D eigenvalue weighted by Crippen LogP contribution is 2.35. The summed E-state index contributed by atoms with van der Waals surface area (Å²) in [5, 5.41) is 0. The van der Waals surface area contributed by atoms with Crippen molar-refractivity contribution >= 4 is 29.1 Å². The zero-order valence-corrected chi connectivity index (χ0v) is 23.3. The van der Waals surface area contributed by atoms with Crippen LogP contribution in [0.15, 0.2) is 113 Å². The lowest BCUT2D eigenvalue weighted by Gasteiger charge is -2.25. The quantitative estimate of drug-likeness (QED) is 0.203. The fourth-order valence-electron chi connectivity index (χ4n) is 4.88. The van der Waals surface area contributed by atoms with E-state index in [-0.39, 0.29) is 27.9 Å². The van der Waals surface area contributed by atoms with E-state index in [4.69, 9.17) is 18.9 Å². The van der Waals surface area contributed by atoms with Gasteiger partial charge in [-0.3, -0.25) is 9.78 Å². The molecule has 0 radical (unpaired) electrons. The van der Waals surface area contributed by atoms with E-state index in [2.05, 4.69) is 15.0 Å². The second kappa shape index (κ2) is 12.7. The number of carbonyl (C=O) groups excluding carboxylic acids is 3. The fraction of sp³-hybridized carbons (Fsp3) is 0.156. The molecule has 1 fully saturated rings. The molecule has 5 aromatic rings. The van der Waals surface area contributed by atoms with E-state index in [0.717, 1.165) is 4.57 Å². The van der Waals surface area contributed by atoms with Gasteiger partial charge in [-0.2, -0.15) is 0 Å². The molecule has 0 amide bonds. The number of nitrogens with one attached hydrogen (secondary N) is 1. The third-order valence-electron chi connectivity index (χ3n) is 6.99. The topological polar surface area (TPSA) is 169 Å². The van der Waals surface area contributed by atoms with Crippen molar-refractivity contribution in [1.29, 1.82) is 0 Å². The molecule has 0 aliphatic carbocycles. The van der Waals surface area contributed by atoms with E-state index in [1.807, 2.05) is 0 Å². The summed E-state index contributed by atoms with van der Waals surface area (Å²) in [6, 6.07) is 24.3. The summed E-state index contributed by atoms with van der Waals surface area (Å²) in [4.78, 5) is 75.7. The lowest BCUT2D eigenvalue weighted by molar-refractivity contribution is -0.0623. The molecule has 4 atom stereocenters. The number of benzene rings is 3. The van der Waals surface area contributed by atoms with Crippen molar-refractivity contribution in [1.82, 2.24) is 19.5 Å². The Morgan fingerprint density at radius 3 is 1.80 bits per heavy atom. The van der Waals surface area contributed by atoms with Crippen LogP contribution in [0.3, 0.4) is 0 Å².